The first-order chi connectivity index (χ1) is 8.11. The van der Waals surface area contributed by atoms with Gasteiger partial charge in [0, 0.05) is 6.42 Å². The molecule has 1 N–H and O–H groups in total. The molecular weight excluding hydrogens is 218 g/mol. The van der Waals surface area contributed by atoms with Crippen LogP contribution < -0.4 is 0 Å². The summed E-state index contributed by atoms with van der Waals surface area (Å²) in [5.41, 5.74) is 0. The molecule has 1 saturated heterocycles. The molecular formula is C13H19NO3. The van der Waals surface area contributed by atoms with Crippen LogP contribution in [0.5, 0.6) is 0 Å². The minimum absolute atomic E-state index is 0.216. The number of nitrogens with zero attached hydrogens (tertiary/aromatic N) is 1. The van der Waals surface area contributed by atoms with E-state index in [4.69, 9.17) is 4.42 Å². The Balaban J connectivity index is 2.05. The second-order valence-corrected chi connectivity index (χ2v) is 4.74. The molecule has 4 nitrogen and oxygen atoms in total. The van der Waals surface area contributed by atoms with Crippen LogP contribution in [0.25, 0.3) is 0 Å². The highest BCUT2D eigenvalue weighted by Crippen LogP contribution is 2.26. The van der Waals surface area contributed by atoms with Gasteiger partial charge in [-0.15, -0.1) is 0 Å². The molecule has 2 heterocycles. The SMILES string of the molecule is CCc1ccc(CN2CCC(C)C2C(=O)O)o1. The van der Waals surface area contributed by atoms with Gasteiger partial charge in [-0.2, -0.15) is 0 Å². The van der Waals surface area contributed by atoms with Gasteiger partial charge in [-0.25, -0.2) is 0 Å². The van der Waals surface area contributed by atoms with Crippen LogP contribution in [0, 0.1) is 5.92 Å². The molecule has 4 heteroatoms. The molecule has 2 rings (SSSR count). The highest BCUT2D eigenvalue weighted by molar-refractivity contribution is 5.74. The van der Waals surface area contributed by atoms with E-state index in [0.29, 0.717) is 6.54 Å². The first kappa shape index (κ1) is 12.2. The normalized spacial score (nSPS) is 25.3. The number of carbonyl (C=O) groups is 1. The van der Waals surface area contributed by atoms with Crippen LogP contribution in [-0.4, -0.2) is 28.6 Å². The molecule has 0 spiro atoms. The van der Waals surface area contributed by atoms with Gasteiger partial charge in [-0.05, 0) is 31.0 Å². The van der Waals surface area contributed by atoms with Gasteiger partial charge in [0.25, 0.3) is 0 Å². The summed E-state index contributed by atoms with van der Waals surface area (Å²) >= 11 is 0. The number of hydrogen-bond donors (Lipinski definition) is 1. The average molecular weight is 237 g/mol. The lowest BCUT2D eigenvalue weighted by Gasteiger charge is -2.21. The van der Waals surface area contributed by atoms with Gasteiger partial charge in [0.2, 0.25) is 0 Å². The van der Waals surface area contributed by atoms with Crippen molar-refractivity contribution in [2.45, 2.75) is 39.3 Å². The van der Waals surface area contributed by atoms with Gasteiger partial charge in [0.1, 0.15) is 17.6 Å². The van der Waals surface area contributed by atoms with Crippen LogP contribution >= 0.6 is 0 Å². The average Bonchev–Trinajstić information content (AvgIpc) is 2.86. The van der Waals surface area contributed by atoms with Crippen LogP contribution in [0.4, 0.5) is 0 Å². The summed E-state index contributed by atoms with van der Waals surface area (Å²) in [6.07, 6.45) is 1.82. The van der Waals surface area contributed by atoms with Crippen molar-refractivity contribution in [3.05, 3.63) is 23.7 Å². The van der Waals surface area contributed by atoms with Crippen molar-refractivity contribution in [2.24, 2.45) is 5.92 Å². The van der Waals surface area contributed by atoms with Gasteiger partial charge < -0.3 is 9.52 Å². The lowest BCUT2D eigenvalue weighted by atomic mass is 10.0. The minimum atomic E-state index is -0.725. The summed E-state index contributed by atoms with van der Waals surface area (Å²) in [6, 6.07) is 3.54. The summed E-state index contributed by atoms with van der Waals surface area (Å²) in [4.78, 5) is 13.2. The fourth-order valence-corrected chi connectivity index (χ4v) is 2.50. The van der Waals surface area contributed by atoms with E-state index < -0.39 is 5.97 Å². The molecule has 2 unspecified atom stereocenters. The predicted octanol–water partition coefficient (Wildman–Crippen LogP) is 2.14. The smallest absolute Gasteiger partial charge is 0.321 e. The van der Waals surface area contributed by atoms with Gasteiger partial charge in [0.05, 0.1) is 6.54 Å². The number of furan rings is 1. The number of likely N-dealkylation sites (tertiary alicyclic amines) is 1. The van der Waals surface area contributed by atoms with Crippen molar-refractivity contribution >= 4 is 5.97 Å². The van der Waals surface area contributed by atoms with E-state index in [1.165, 1.54) is 0 Å². The molecule has 0 radical (unpaired) electrons. The molecule has 0 aliphatic carbocycles. The zero-order chi connectivity index (χ0) is 12.4. The Hall–Kier alpha value is -1.29. The number of carboxylic acid groups (broad SMARTS) is 1. The second kappa shape index (κ2) is 4.92. The molecule has 2 atom stereocenters. The lowest BCUT2D eigenvalue weighted by molar-refractivity contribution is -0.143. The maximum atomic E-state index is 11.2. The van der Waals surface area contributed by atoms with E-state index >= 15 is 0 Å². The molecule has 17 heavy (non-hydrogen) atoms. The Kier molecular flexibility index (Phi) is 3.52. The highest BCUT2D eigenvalue weighted by Gasteiger charge is 2.36. The molecule has 1 aliphatic rings. The zero-order valence-electron chi connectivity index (χ0n) is 10.3. The predicted molar refractivity (Wildman–Crippen MR) is 63.7 cm³/mol. The molecule has 1 aromatic heterocycles. The first-order valence-corrected chi connectivity index (χ1v) is 6.16. The van der Waals surface area contributed by atoms with Gasteiger partial charge in [0.15, 0.2) is 0 Å². The topological polar surface area (TPSA) is 53.7 Å². The molecule has 1 aromatic rings. The largest absolute Gasteiger partial charge is 0.480 e. The second-order valence-electron chi connectivity index (χ2n) is 4.74. The molecule has 0 saturated carbocycles. The van der Waals surface area contributed by atoms with Crippen molar-refractivity contribution in [3.8, 4) is 0 Å². The minimum Gasteiger partial charge on any atom is -0.480 e. The van der Waals surface area contributed by atoms with Gasteiger partial charge in [-0.1, -0.05) is 13.8 Å². The van der Waals surface area contributed by atoms with E-state index in [1.54, 1.807) is 0 Å². The standard InChI is InChI=1S/C13H19NO3/c1-3-10-4-5-11(17-10)8-14-7-6-9(2)12(14)13(15)16/h4-5,9,12H,3,6-8H2,1-2H3,(H,15,16). The van der Waals surface area contributed by atoms with E-state index in [9.17, 15) is 9.90 Å². The lowest BCUT2D eigenvalue weighted by Crippen LogP contribution is -2.38. The Morgan fingerprint density at radius 1 is 1.53 bits per heavy atom. The maximum Gasteiger partial charge on any atom is 0.321 e. The number of carboxylic acids is 1. The van der Waals surface area contributed by atoms with Crippen LogP contribution in [0.15, 0.2) is 16.5 Å². The maximum absolute atomic E-state index is 11.2. The molecule has 94 valence electrons. The molecule has 0 aromatic carbocycles. The number of aliphatic carboxylic acids is 1. The van der Waals surface area contributed by atoms with Gasteiger partial charge in [-0.3, -0.25) is 9.69 Å². The van der Waals surface area contributed by atoms with Crippen LogP contribution in [0.1, 0.15) is 31.8 Å². The van der Waals surface area contributed by atoms with Gasteiger partial charge >= 0.3 is 5.97 Å². The Morgan fingerprint density at radius 2 is 2.24 bits per heavy atom. The third kappa shape index (κ3) is 2.52. The molecule has 1 fully saturated rings. The molecule has 0 bridgehead atoms. The molecule has 0 amide bonds. The van der Waals surface area contributed by atoms with E-state index in [0.717, 1.165) is 30.9 Å². The van der Waals surface area contributed by atoms with E-state index in [1.807, 2.05) is 30.9 Å². The molecule has 1 aliphatic heterocycles. The van der Waals surface area contributed by atoms with Crippen molar-refractivity contribution in [1.82, 2.24) is 4.90 Å². The van der Waals surface area contributed by atoms with Crippen LogP contribution in [0.2, 0.25) is 0 Å². The number of rotatable bonds is 4. The first-order valence-electron chi connectivity index (χ1n) is 6.16. The Morgan fingerprint density at radius 3 is 2.82 bits per heavy atom. The third-order valence-corrected chi connectivity index (χ3v) is 3.48. The van der Waals surface area contributed by atoms with Crippen molar-refractivity contribution in [1.29, 1.82) is 0 Å². The Bertz CT molecular complexity index is 399. The van der Waals surface area contributed by atoms with E-state index in [-0.39, 0.29) is 12.0 Å². The summed E-state index contributed by atoms with van der Waals surface area (Å²) in [6.45, 7) is 5.47. The third-order valence-electron chi connectivity index (χ3n) is 3.48. The summed E-state index contributed by atoms with van der Waals surface area (Å²) < 4.78 is 5.62. The summed E-state index contributed by atoms with van der Waals surface area (Å²) in [7, 11) is 0. The Labute approximate surface area is 101 Å². The number of hydrogen-bond acceptors (Lipinski definition) is 3. The summed E-state index contributed by atoms with van der Waals surface area (Å²) in [5, 5.41) is 9.21. The number of aryl methyl sites for hydroxylation is 1. The summed E-state index contributed by atoms with van der Waals surface area (Å²) in [5.74, 6) is 1.31. The van der Waals surface area contributed by atoms with E-state index in [2.05, 4.69) is 0 Å². The highest BCUT2D eigenvalue weighted by atomic mass is 16.4. The fourth-order valence-electron chi connectivity index (χ4n) is 2.50. The zero-order valence-corrected chi connectivity index (χ0v) is 10.3. The quantitative estimate of drug-likeness (QED) is 0.871. The van der Waals surface area contributed by atoms with Crippen molar-refractivity contribution in [2.75, 3.05) is 6.54 Å². The van der Waals surface area contributed by atoms with Crippen molar-refractivity contribution < 1.29 is 14.3 Å². The fraction of sp³-hybridized carbons (Fsp3) is 0.615. The van der Waals surface area contributed by atoms with Crippen molar-refractivity contribution in [3.63, 3.8) is 0 Å². The van der Waals surface area contributed by atoms with Crippen LogP contribution in [-0.2, 0) is 17.8 Å². The monoisotopic (exact) mass is 237 g/mol. The van der Waals surface area contributed by atoms with Crippen LogP contribution in [0.3, 0.4) is 0 Å².